The van der Waals surface area contributed by atoms with Gasteiger partial charge in [-0.25, -0.2) is 9.48 Å². The normalized spacial score (nSPS) is 12.2. The monoisotopic (exact) mass is 401 g/mol. The fraction of sp³-hybridized carbons (Fsp3) is 0.118. The van der Waals surface area contributed by atoms with Crippen molar-refractivity contribution in [1.82, 2.24) is 14.8 Å². The van der Waals surface area contributed by atoms with Crippen molar-refractivity contribution in [2.24, 2.45) is 0 Å². The molecule has 0 aliphatic heterocycles. The number of pyridine rings is 1. The third-order valence-corrected chi connectivity index (χ3v) is 3.74. The van der Waals surface area contributed by atoms with Crippen molar-refractivity contribution in [2.45, 2.75) is 12.4 Å². The van der Waals surface area contributed by atoms with E-state index in [1.165, 1.54) is 24.5 Å². The molecule has 0 unspecified atom stereocenters. The second-order valence-corrected chi connectivity index (χ2v) is 5.60. The van der Waals surface area contributed by atoms with Crippen LogP contribution < -0.4 is 0 Å². The molecule has 0 atom stereocenters. The molecule has 146 valence electrons. The first-order valence-electron chi connectivity index (χ1n) is 7.51. The highest BCUT2D eigenvalue weighted by Gasteiger charge is 2.43. The minimum Gasteiger partial charge on any atom is -0.476 e. The summed E-state index contributed by atoms with van der Waals surface area (Å²) >= 11 is 0. The van der Waals surface area contributed by atoms with E-state index in [-0.39, 0.29) is 23.5 Å². The minimum absolute atomic E-state index is 0.0541. The Kier molecular flexibility index (Phi) is 4.61. The SMILES string of the molecule is O=C(O)c1cc(-c2cccnc2)n(-c2ccc(C(F)(F)F)c(C(F)(F)F)c2)n1. The molecule has 0 saturated carbocycles. The predicted octanol–water partition coefficient (Wildman–Crippen LogP) is 4.67. The van der Waals surface area contributed by atoms with Crippen molar-refractivity contribution >= 4 is 5.97 Å². The molecule has 1 N–H and O–H groups in total. The van der Waals surface area contributed by atoms with Crippen molar-refractivity contribution in [3.8, 4) is 16.9 Å². The molecule has 0 aliphatic carbocycles. The van der Waals surface area contributed by atoms with E-state index in [4.69, 9.17) is 5.11 Å². The molecule has 2 heterocycles. The van der Waals surface area contributed by atoms with Crippen LogP contribution in [-0.4, -0.2) is 25.8 Å². The fourth-order valence-electron chi connectivity index (χ4n) is 2.55. The van der Waals surface area contributed by atoms with Crippen molar-refractivity contribution in [1.29, 1.82) is 0 Å². The first-order chi connectivity index (χ1) is 13.0. The molecular formula is C17H9F6N3O2. The molecule has 0 aliphatic rings. The average molecular weight is 401 g/mol. The van der Waals surface area contributed by atoms with Crippen LogP contribution in [0.1, 0.15) is 21.6 Å². The van der Waals surface area contributed by atoms with E-state index >= 15 is 0 Å². The second kappa shape index (κ2) is 6.66. The lowest BCUT2D eigenvalue weighted by atomic mass is 10.1. The van der Waals surface area contributed by atoms with Gasteiger partial charge in [0.25, 0.3) is 0 Å². The van der Waals surface area contributed by atoms with Crippen molar-refractivity contribution in [2.75, 3.05) is 0 Å². The first-order valence-corrected chi connectivity index (χ1v) is 7.51. The summed E-state index contributed by atoms with van der Waals surface area (Å²) in [6.07, 6.45) is -7.76. The fourth-order valence-corrected chi connectivity index (χ4v) is 2.55. The summed E-state index contributed by atoms with van der Waals surface area (Å²) < 4.78 is 79.3. The van der Waals surface area contributed by atoms with Gasteiger partial charge in [-0.2, -0.15) is 31.4 Å². The quantitative estimate of drug-likeness (QED) is 0.648. The lowest BCUT2D eigenvalue weighted by Crippen LogP contribution is -2.17. The van der Waals surface area contributed by atoms with Gasteiger partial charge in [0.05, 0.1) is 22.5 Å². The molecule has 0 radical (unpaired) electrons. The summed E-state index contributed by atoms with van der Waals surface area (Å²) in [4.78, 5) is 15.1. The summed E-state index contributed by atoms with van der Waals surface area (Å²) in [6.45, 7) is 0. The molecule has 0 spiro atoms. The summed E-state index contributed by atoms with van der Waals surface area (Å²) in [5.74, 6) is -1.45. The standard InChI is InChI=1S/C17H9F6N3O2/c18-16(19,20)11-4-3-10(6-12(11)17(21,22)23)26-14(7-13(25-26)15(27)28)9-2-1-5-24-8-9/h1-8H,(H,27,28). The number of benzene rings is 1. The number of carbonyl (C=O) groups is 1. The van der Waals surface area contributed by atoms with Crippen LogP contribution in [0.25, 0.3) is 16.9 Å². The highest BCUT2D eigenvalue weighted by molar-refractivity contribution is 5.87. The molecule has 3 aromatic rings. The highest BCUT2D eigenvalue weighted by Crippen LogP contribution is 2.41. The van der Waals surface area contributed by atoms with E-state index in [0.29, 0.717) is 5.56 Å². The first kappa shape index (κ1) is 19.4. The number of aromatic nitrogens is 3. The van der Waals surface area contributed by atoms with Gasteiger partial charge in [0.2, 0.25) is 0 Å². The molecule has 0 amide bonds. The lowest BCUT2D eigenvalue weighted by molar-refractivity contribution is -0.162. The minimum atomic E-state index is -5.28. The molecule has 0 fully saturated rings. The smallest absolute Gasteiger partial charge is 0.417 e. The number of rotatable bonds is 3. The van der Waals surface area contributed by atoms with Crippen molar-refractivity contribution in [3.05, 3.63) is 65.6 Å². The van der Waals surface area contributed by atoms with Crippen molar-refractivity contribution < 1.29 is 36.2 Å². The van der Waals surface area contributed by atoms with Crippen LogP contribution in [0.2, 0.25) is 0 Å². The maximum Gasteiger partial charge on any atom is 0.417 e. The zero-order valence-corrected chi connectivity index (χ0v) is 13.6. The lowest BCUT2D eigenvalue weighted by Gasteiger charge is -2.17. The Labute approximate surface area is 152 Å². The highest BCUT2D eigenvalue weighted by atomic mass is 19.4. The number of carboxylic acids is 1. The predicted molar refractivity (Wildman–Crippen MR) is 83.8 cm³/mol. The largest absolute Gasteiger partial charge is 0.476 e. The molecule has 11 heteroatoms. The van der Waals surface area contributed by atoms with Gasteiger partial charge in [-0.05, 0) is 36.4 Å². The summed E-state index contributed by atoms with van der Waals surface area (Å²) in [6, 6.07) is 5.44. The van der Waals surface area contributed by atoms with Gasteiger partial charge in [0.15, 0.2) is 5.69 Å². The van der Waals surface area contributed by atoms with Gasteiger partial charge >= 0.3 is 18.3 Å². The van der Waals surface area contributed by atoms with Gasteiger partial charge in [-0.1, -0.05) is 0 Å². The van der Waals surface area contributed by atoms with E-state index in [2.05, 4.69) is 10.1 Å². The van der Waals surface area contributed by atoms with E-state index < -0.39 is 35.1 Å². The molecule has 1 aromatic carbocycles. The van der Waals surface area contributed by atoms with E-state index in [0.717, 1.165) is 16.8 Å². The Bertz CT molecular complexity index is 1030. The molecule has 2 aromatic heterocycles. The zero-order chi connectivity index (χ0) is 20.7. The number of carboxylic acid groups (broad SMARTS) is 1. The molecule has 0 bridgehead atoms. The number of hydrogen-bond acceptors (Lipinski definition) is 3. The maximum atomic E-state index is 13.2. The van der Waals surface area contributed by atoms with Crippen LogP contribution in [0, 0.1) is 0 Å². The zero-order valence-electron chi connectivity index (χ0n) is 13.6. The maximum absolute atomic E-state index is 13.2. The van der Waals surface area contributed by atoms with Gasteiger partial charge in [-0.15, -0.1) is 0 Å². The van der Waals surface area contributed by atoms with Crippen LogP contribution in [-0.2, 0) is 12.4 Å². The topological polar surface area (TPSA) is 68.0 Å². The van der Waals surface area contributed by atoms with Crippen LogP contribution in [0.15, 0.2) is 48.8 Å². The van der Waals surface area contributed by atoms with Crippen LogP contribution in [0.4, 0.5) is 26.3 Å². The number of hydrogen-bond donors (Lipinski definition) is 1. The van der Waals surface area contributed by atoms with E-state index in [9.17, 15) is 31.1 Å². The van der Waals surface area contributed by atoms with Crippen LogP contribution in [0.3, 0.4) is 0 Å². The van der Waals surface area contributed by atoms with Gasteiger partial charge < -0.3 is 5.11 Å². The van der Waals surface area contributed by atoms with Crippen LogP contribution >= 0.6 is 0 Å². The second-order valence-electron chi connectivity index (χ2n) is 5.60. The van der Waals surface area contributed by atoms with E-state index in [1.807, 2.05) is 0 Å². The summed E-state index contributed by atoms with van der Waals surface area (Å²) in [7, 11) is 0. The summed E-state index contributed by atoms with van der Waals surface area (Å²) in [5, 5.41) is 12.8. The van der Waals surface area contributed by atoms with Gasteiger partial charge in [0, 0.05) is 18.0 Å². The Morgan fingerprint density at radius 3 is 2.18 bits per heavy atom. The van der Waals surface area contributed by atoms with Gasteiger partial charge in [-0.3, -0.25) is 4.98 Å². The molecule has 0 saturated heterocycles. The number of halogens is 6. The number of aromatic carboxylic acids is 1. The third kappa shape index (κ3) is 3.68. The molecule has 28 heavy (non-hydrogen) atoms. The Balaban J connectivity index is 2.25. The molecular weight excluding hydrogens is 392 g/mol. The Hall–Kier alpha value is -3.37. The summed E-state index contributed by atoms with van der Waals surface area (Å²) in [5.41, 5.74) is -4.26. The van der Waals surface area contributed by atoms with E-state index in [1.54, 1.807) is 0 Å². The number of alkyl halides is 6. The van der Waals surface area contributed by atoms with Gasteiger partial charge in [0.1, 0.15) is 0 Å². The van der Waals surface area contributed by atoms with Crippen LogP contribution in [0.5, 0.6) is 0 Å². The Morgan fingerprint density at radius 2 is 1.64 bits per heavy atom. The average Bonchev–Trinajstić information content (AvgIpc) is 3.06. The third-order valence-electron chi connectivity index (χ3n) is 3.74. The molecule has 5 nitrogen and oxygen atoms in total. The Morgan fingerprint density at radius 1 is 0.964 bits per heavy atom. The number of nitrogens with zero attached hydrogens (tertiary/aromatic N) is 3. The van der Waals surface area contributed by atoms with Crippen molar-refractivity contribution in [3.63, 3.8) is 0 Å². The molecule has 3 rings (SSSR count).